The zero-order valence-corrected chi connectivity index (χ0v) is 16.8. The van der Waals surface area contributed by atoms with Crippen LogP contribution in [0.1, 0.15) is 30.1 Å². The lowest BCUT2D eigenvalue weighted by molar-refractivity contribution is -0.129. The monoisotopic (exact) mass is 423 g/mol. The molecule has 142 valence electrons. The Hall–Kier alpha value is -2.09. The predicted octanol–water partition coefficient (Wildman–Crippen LogP) is 1.35. The number of halogens is 1. The Morgan fingerprint density at radius 2 is 2.08 bits per heavy atom. The predicted molar refractivity (Wildman–Crippen MR) is 106 cm³/mol. The van der Waals surface area contributed by atoms with Crippen LogP contribution in [0.2, 0.25) is 0 Å². The summed E-state index contributed by atoms with van der Waals surface area (Å²) in [6.45, 7) is 4.41. The number of nitrogens with one attached hydrogen (secondary N) is 3. The molecule has 0 bridgehead atoms. The Labute approximate surface area is 162 Å². The molecule has 1 atom stereocenters. The molecule has 1 fully saturated rings. The minimum absolute atomic E-state index is 0.111. The van der Waals surface area contributed by atoms with Gasteiger partial charge in [0.05, 0.1) is 0 Å². The molecule has 7 nitrogen and oxygen atoms in total. The molecule has 26 heavy (non-hydrogen) atoms. The highest BCUT2D eigenvalue weighted by molar-refractivity contribution is 9.10. The summed E-state index contributed by atoms with van der Waals surface area (Å²) in [5.74, 6) is 0.755. The van der Waals surface area contributed by atoms with Crippen LogP contribution in [0.15, 0.2) is 33.7 Å². The highest BCUT2D eigenvalue weighted by Crippen LogP contribution is 2.11. The lowest BCUT2D eigenvalue weighted by atomic mass is 10.2. The molecule has 0 aliphatic carbocycles. The van der Waals surface area contributed by atoms with Gasteiger partial charge in [-0.25, -0.2) is 0 Å². The first-order chi connectivity index (χ1) is 12.5. The second-order valence-electron chi connectivity index (χ2n) is 6.09. The third-order valence-corrected chi connectivity index (χ3v) is 4.69. The number of nitrogens with zero attached hydrogens (tertiary/aromatic N) is 2. The van der Waals surface area contributed by atoms with E-state index in [0.717, 1.165) is 17.4 Å². The number of rotatable bonds is 6. The number of carbonyl (C=O) groups excluding carboxylic acids is 2. The third-order valence-electron chi connectivity index (χ3n) is 4.20. The Kier molecular flexibility index (Phi) is 7.90. The van der Waals surface area contributed by atoms with Crippen molar-refractivity contribution < 1.29 is 9.59 Å². The fourth-order valence-electron chi connectivity index (χ4n) is 2.80. The minimum Gasteiger partial charge on any atom is -0.355 e. The average Bonchev–Trinajstić information content (AvgIpc) is 3.11. The van der Waals surface area contributed by atoms with Crippen LogP contribution in [0.3, 0.4) is 0 Å². The van der Waals surface area contributed by atoms with Crippen molar-refractivity contribution in [2.24, 2.45) is 4.99 Å². The molecule has 1 saturated heterocycles. The maximum absolute atomic E-state index is 12.1. The van der Waals surface area contributed by atoms with Crippen LogP contribution in [-0.2, 0) is 4.79 Å². The molecule has 1 aromatic rings. The topological polar surface area (TPSA) is 85.8 Å². The quantitative estimate of drug-likeness (QED) is 0.366. The van der Waals surface area contributed by atoms with Gasteiger partial charge in [-0.05, 0) is 24.6 Å². The van der Waals surface area contributed by atoms with Crippen molar-refractivity contribution >= 4 is 33.7 Å². The van der Waals surface area contributed by atoms with Crippen molar-refractivity contribution in [1.82, 2.24) is 20.9 Å². The molecule has 2 rings (SSSR count). The number of likely N-dealkylation sites (tertiary alicyclic amines) is 1. The van der Waals surface area contributed by atoms with E-state index >= 15 is 0 Å². The Morgan fingerprint density at radius 1 is 1.31 bits per heavy atom. The molecule has 2 amide bonds. The molecular formula is C18H26BrN5O2. The van der Waals surface area contributed by atoms with E-state index in [4.69, 9.17) is 0 Å². The molecule has 0 aromatic heterocycles. The van der Waals surface area contributed by atoms with Gasteiger partial charge in [-0.3, -0.25) is 14.6 Å². The highest BCUT2D eigenvalue weighted by Gasteiger charge is 2.25. The van der Waals surface area contributed by atoms with Crippen molar-refractivity contribution in [3.8, 4) is 0 Å². The first-order valence-corrected chi connectivity index (χ1v) is 9.61. The lowest BCUT2D eigenvalue weighted by Crippen LogP contribution is -2.46. The molecule has 1 heterocycles. The summed E-state index contributed by atoms with van der Waals surface area (Å²) in [7, 11) is 1.71. The minimum atomic E-state index is -0.111. The summed E-state index contributed by atoms with van der Waals surface area (Å²) in [5.41, 5.74) is 0.619. The third kappa shape index (κ3) is 6.01. The van der Waals surface area contributed by atoms with Crippen molar-refractivity contribution in [2.75, 3.05) is 33.2 Å². The fraction of sp³-hybridized carbons (Fsp3) is 0.500. The summed E-state index contributed by atoms with van der Waals surface area (Å²) in [6.07, 6.45) is 1.45. The molecule has 1 unspecified atom stereocenters. The van der Waals surface area contributed by atoms with Gasteiger partial charge in [-0.1, -0.05) is 28.9 Å². The van der Waals surface area contributed by atoms with Crippen molar-refractivity contribution in [2.45, 2.75) is 25.8 Å². The van der Waals surface area contributed by atoms with E-state index in [-0.39, 0.29) is 17.9 Å². The molecule has 0 saturated carbocycles. The van der Waals surface area contributed by atoms with Gasteiger partial charge in [0, 0.05) is 55.7 Å². The van der Waals surface area contributed by atoms with Gasteiger partial charge in [0.25, 0.3) is 5.91 Å². The standard InChI is InChI=1S/C18H26BrN5O2/c1-3-16(25)24-10-7-15(12-24)23-18(20-2)22-9-8-21-17(26)13-5-4-6-14(19)11-13/h4-6,11,15H,3,7-10,12H2,1-2H3,(H,21,26)(H2,20,22,23). The molecule has 0 radical (unpaired) electrons. The van der Waals surface area contributed by atoms with E-state index in [1.807, 2.05) is 24.0 Å². The van der Waals surface area contributed by atoms with E-state index in [9.17, 15) is 9.59 Å². The summed E-state index contributed by atoms with van der Waals surface area (Å²) in [5, 5.41) is 9.38. The van der Waals surface area contributed by atoms with Crippen LogP contribution in [0.5, 0.6) is 0 Å². The van der Waals surface area contributed by atoms with Gasteiger partial charge in [0.1, 0.15) is 0 Å². The highest BCUT2D eigenvalue weighted by atomic mass is 79.9. The summed E-state index contributed by atoms with van der Waals surface area (Å²) < 4.78 is 0.875. The molecule has 8 heteroatoms. The van der Waals surface area contributed by atoms with Gasteiger partial charge in [0.2, 0.25) is 5.91 Å². The van der Waals surface area contributed by atoms with Crippen LogP contribution in [0.25, 0.3) is 0 Å². The molecule has 3 N–H and O–H groups in total. The second-order valence-corrected chi connectivity index (χ2v) is 7.00. The van der Waals surface area contributed by atoms with E-state index in [1.54, 1.807) is 19.2 Å². The second kappa shape index (κ2) is 10.2. The van der Waals surface area contributed by atoms with Gasteiger partial charge in [0.15, 0.2) is 5.96 Å². The number of amides is 2. The molecule has 1 aliphatic rings. The number of carbonyl (C=O) groups is 2. The number of benzene rings is 1. The van der Waals surface area contributed by atoms with Crippen LogP contribution >= 0.6 is 15.9 Å². The van der Waals surface area contributed by atoms with Gasteiger partial charge < -0.3 is 20.9 Å². The Morgan fingerprint density at radius 3 is 2.77 bits per heavy atom. The van der Waals surface area contributed by atoms with E-state index < -0.39 is 0 Å². The first-order valence-electron chi connectivity index (χ1n) is 8.82. The van der Waals surface area contributed by atoms with Crippen molar-refractivity contribution in [1.29, 1.82) is 0 Å². The summed E-state index contributed by atoms with van der Waals surface area (Å²) in [4.78, 5) is 29.9. The van der Waals surface area contributed by atoms with Crippen LogP contribution < -0.4 is 16.0 Å². The van der Waals surface area contributed by atoms with Crippen molar-refractivity contribution in [3.05, 3.63) is 34.3 Å². The van der Waals surface area contributed by atoms with Gasteiger partial charge in [-0.15, -0.1) is 0 Å². The molecular weight excluding hydrogens is 398 g/mol. The van der Waals surface area contributed by atoms with Crippen molar-refractivity contribution in [3.63, 3.8) is 0 Å². The SMILES string of the molecule is CCC(=O)N1CCC(NC(=NC)NCCNC(=O)c2cccc(Br)c2)C1. The summed E-state index contributed by atoms with van der Waals surface area (Å²) in [6, 6.07) is 7.47. The van der Waals surface area contributed by atoms with E-state index in [0.29, 0.717) is 37.6 Å². The number of guanidine groups is 1. The zero-order valence-electron chi connectivity index (χ0n) is 15.2. The summed E-state index contributed by atoms with van der Waals surface area (Å²) >= 11 is 3.36. The molecule has 1 aromatic carbocycles. The van der Waals surface area contributed by atoms with Gasteiger partial charge in [-0.2, -0.15) is 0 Å². The molecule has 0 spiro atoms. The maximum atomic E-state index is 12.1. The van der Waals surface area contributed by atoms with Crippen LogP contribution in [0, 0.1) is 0 Å². The number of hydrogen-bond acceptors (Lipinski definition) is 3. The zero-order chi connectivity index (χ0) is 18.9. The smallest absolute Gasteiger partial charge is 0.251 e. The maximum Gasteiger partial charge on any atom is 0.251 e. The van der Waals surface area contributed by atoms with E-state index in [2.05, 4.69) is 36.9 Å². The first kappa shape index (κ1) is 20.2. The molecule has 1 aliphatic heterocycles. The number of hydrogen-bond donors (Lipinski definition) is 3. The number of aliphatic imine (C=N–C) groups is 1. The normalized spacial score (nSPS) is 17.1. The van der Waals surface area contributed by atoms with Crippen LogP contribution in [-0.4, -0.2) is 61.9 Å². The Bertz CT molecular complexity index is 665. The fourth-order valence-corrected chi connectivity index (χ4v) is 3.20. The average molecular weight is 424 g/mol. The van der Waals surface area contributed by atoms with Crippen LogP contribution in [0.4, 0.5) is 0 Å². The largest absolute Gasteiger partial charge is 0.355 e. The Balaban J connectivity index is 1.69. The lowest BCUT2D eigenvalue weighted by Gasteiger charge is -2.18. The van der Waals surface area contributed by atoms with Gasteiger partial charge >= 0.3 is 0 Å². The van der Waals surface area contributed by atoms with E-state index in [1.165, 1.54) is 0 Å².